The van der Waals surface area contributed by atoms with E-state index in [-0.39, 0.29) is 17.9 Å². The van der Waals surface area contributed by atoms with Crippen molar-refractivity contribution in [1.82, 2.24) is 10.6 Å². The number of phenolic OH excluding ortho intramolecular Hbond substituents is 1. The summed E-state index contributed by atoms with van der Waals surface area (Å²) in [7, 11) is 0. The van der Waals surface area contributed by atoms with Gasteiger partial charge in [-0.1, -0.05) is 18.2 Å². The van der Waals surface area contributed by atoms with Crippen LogP contribution in [0.4, 0.5) is 4.79 Å². The molecule has 2 rings (SSSR count). The number of rotatable bonds is 5. The summed E-state index contributed by atoms with van der Waals surface area (Å²) in [6.45, 7) is 1.85. The quantitative estimate of drug-likeness (QED) is 0.753. The smallest absolute Gasteiger partial charge is 0.314 e. The van der Waals surface area contributed by atoms with Crippen molar-refractivity contribution in [2.24, 2.45) is 0 Å². The average Bonchev–Trinajstić information content (AvgIpc) is 2.92. The highest BCUT2D eigenvalue weighted by atomic mass is 16.5. The molecule has 5 nitrogen and oxygen atoms in total. The Bertz CT molecular complexity index is 417. The van der Waals surface area contributed by atoms with Gasteiger partial charge in [0.25, 0.3) is 0 Å². The summed E-state index contributed by atoms with van der Waals surface area (Å²) < 4.78 is 5.42. The number of nitrogens with one attached hydrogen (secondary N) is 2. The molecule has 0 aliphatic carbocycles. The zero-order valence-corrected chi connectivity index (χ0v) is 10.9. The number of urea groups is 1. The number of hydrogen-bond acceptors (Lipinski definition) is 3. The first kappa shape index (κ1) is 13.7. The molecule has 1 aliphatic rings. The number of carbonyl (C=O) groups is 1. The normalized spacial score (nSPS) is 18.2. The molecule has 1 heterocycles. The largest absolute Gasteiger partial charge is 0.508 e. The van der Waals surface area contributed by atoms with Gasteiger partial charge >= 0.3 is 6.03 Å². The van der Waals surface area contributed by atoms with Gasteiger partial charge in [0.2, 0.25) is 0 Å². The predicted octanol–water partition coefficient (Wildman–Crippen LogP) is 1.41. The van der Waals surface area contributed by atoms with Crippen LogP contribution in [0.3, 0.4) is 0 Å². The number of ether oxygens (including phenoxy) is 1. The van der Waals surface area contributed by atoms with E-state index in [1.54, 1.807) is 12.1 Å². The predicted molar refractivity (Wildman–Crippen MR) is 72.2 cm³/mol. The van der Waals surface area contributed by atoms with E-state index in [2.05, 4.69) is 10.6 Å². The van der Waals surface area contributed by atoms with Gasteiger partial charge in [0, 0.05) is 19.7 Å². The Morgan fingerprint density at radius 2 is 2.21 bits per heavy atom. The molecule has 104 valence electrons. The van der Waals surface area contributed by atoms with E-state index in [9.17, 15) is 9.90 Å². The van der Waals surface area contributed by atoms with Crippen molar-refractivity contribution in [3.8, 4) is 5.75 Å². The lowest BCUT2D eigenvalue weighted by Gasteiger charge is -2.12. The molecule has 1 fully saturated rings. The summed E-state index contributed by atoms with van der Waals surface area (Å²) in [4.78, 5) is 11.5. The van der Waals surface area contributed by atoms with E-state index >= 15 is 0 Å². The highest BCUT2D eigenvalue weighted by Crippen LogP contribution is 2.15. The minimum atomic E-state index is -0.189. The van der Waals surface area contributed by atoms with E-state index in [0.717, 1.165) is 25.0 Å². The Morgan fingerprint density at radius 1 is 1.37 bits per heavy atom. The third kappa shape index (κ3) is 4.44. The number of para-hydroxylation sites is 1. The van der Waals surface area contributed by atoms with Gasteiger partial charge in [0.05, 0.1) is 6.10 Å². The van der Waals surface area contributed by atoms with Crippen LogP contribution in [0.2, 0.25) is 0 Å². The first-order valence-electron chi connectivity index (χ1n) is 6.66. The van der Waals surface area contributed by atoms with Crippen molar-refractivity contribution in [2.45, 2.75) is 25.4 Å². The maximum Gasteiger partial charge on any atom is 0.314 e. The number of aromatic hydroxyl groups is 1. The summed E-state index contributed by atoms with van der Waals surface area (Å²) in [5.74, 6) is 0.268. The van der Waals surface area contributed by atoms with Crippen LogP contribution in [0.5, 0.6) is 5.75 Å². The van der Waals surface area contributed by atoms with Gasteiger partial charge in [-0.15, -0.1) is 0 Å². The molecule has 0 bridgehead atoms. The fraction of sp³-hybridized carbons (Fsp3) is 0.500. The van der Waals surface area contributed by atoms with Gasteiger partial charge in [-0.05, 0) is 30.9 Å². The molecule has 0 spiro atoms. The zero-order chi connectivity index (χ0) is 13.5. The van der Waals surface area contributed by atoms with Crippen LogP contribution in [0.1, 0.15) is 18.4 Å². The number of amides is 2. The van der Waals surface area contributed by atoms with E-state index in [1.807, 2.05) is 12.1 Å². The first-order valence-corrected chi connectivity index (χ1v) is 6.66. The number of carbonyl (C=O) groups excluding carboxylic acids is 1. The van der Waals surface area contributed by atoms with E-state index in [0.29, 0.717) is 19.5 Å². The minimum Gasteiger partial charge on any atom is -0.508 e. The topological polar surface area (TPSA) is 70.6 Å². The molecule has 0 unspecified atom stereocenters. The Kier molecular flexibility index (Phi) is 5.03. The molecule has 2 amide bonds. The molecule has 19 heavy (non-hydrogen) atoms. The number of phenols is 1. The fourth-order valence-corrected chi connectivity index (χ4v) is 2.11. The molecule has 0 aromatic heterocycles. The molecule has 1 aromatic rings. The lowest BCUT2D eigenvalue weighted by Crippen LogP contribution is -2.40. The summed E-state index contributed by atoms with van der Waals surface area (Å²) in [6, 6.07) is 6.95. The van der Waals surface area contributed by atoms with E-state index < -0.39 is 0 Å². The Morgan fingerprint density at radius 3 is 2.95 bits per heavy atom. The highest BCUT2D eigenvalue weighted by molar-refractivity contribution is 5.73. The second kappa shape index (κ2) is 6.99. The minimum absolute atomic E-state index is 0.156. The first-order chi connectivity index (χ1) is 9.25. The van der Waals surface area contributed by atoms with Crippen molar-refractivity contribution < 1.29 is 14.6 Å². The number of benzene rings is 1. The van der Waals surface area contributed by atoms with Crippen molar-refractivity contribution in [3.63, 3.8) is 0 Å². The summed E-state index contributed by atoms with van der Waals surface area (Å²) >= 11 is 0. The van der Waals surface area contributed by atoms with E-state index in [1.165, 1.54) is 0 Å². The SMILES string of the molecule is O=C(NCCc1ccccc1O)NC[C@@H]1CCCO1. The lowest BCUT2D eigenvalue weighted by atomic mass is 10.1. The van der Waals surface area contributed by atoms with Gasteiger partial charge in [0.1, 0.15) is 5.75 Å². The summed E-state index contributed by atoms with van der Waals surface area (Å²) in [6.07, 6.45) is 2.85. The number of hydrogen-bond donors (Lipinski definition) is 3. The van der Waals surface area contributed by atoms with Crippen molar-refractivity contribution in [3.05, 3.63) is 29.8 Å². The molecule has 1 saturated heterocycles. The molecule has 0 radical (unpaired) electrons. The van der Waals surface area contributed by atoms with Crippen molar-refractivity contribution >= 4 is 6.03 Å². The van der Waals surface area contributed by atoms with E-state index in [4.69, 9.17) is 4.74 Å². The molecular formula is C14H20N2O3. The van der Waals surface area contributed by atoms with Gasteiger partial charge in [-0.25, -0.2) is 4.79 Å². The highest BCUT2D eigenvalue weighted by Gasteiger charge is 2.15. The molecule has 0 saturated carbocycles. The van der Waals surface area contributed by atoms with Gasteiger partial charge in [-0.2, -0.15) is 0 Å². The van der Waals surface area contributed by atoms with Crippen molar-refractivity contribution in [2.75, 3.05) is 19.7 Å². The van der Waals surface area contributed by atoms with Crippen LogP contribution in [0, 0.1) is 0 Å². The van der Waals surface area contributed by atoms with Crippen LogP contribution >= 0.6 is 0 Å². The lowest BCUT2D eigenvalue weighted by molar-refractivity contribution is 0.111. The van der Waals surface area contributed by atoms with Gasteiger partial charge in [-0.3, -0.25) is 0 Å². The van der Waals surface area contributed by atoms with Crippen LogP contribution in [-0.2, 0) is 11.2 Å². The molecule has 3 N–H and O–H groups in total. The zero-order valence-electron chi connectivity index (χ0n) is 10.9. The monoisotopic (exact) mass is 264 g/mol. The van der Waals surface area contributed by atoms with Crippen LogP contribution < -0.4 is 10.6 Å². The maximum atomic E-state index is 11.5. The van der Waals surface area contributed by atoms with Crippen LogP contribution in [0.15, 0.2) is 24.3 Å². The standard InChI is InChI=1S/C14H20N2O3/c17-13-6-2-1-4-11(13)7-8-15-14(18)16-10-12-5-3-9-19-12/h1-2,4,6,12,17H,3,5,7-10H2,(H2,15,16,18)/t12-/m0/s1. The van der Waals surface area contributed by atoms with Crippen LogP contribution in [0.25, 0.3) is 0 Å². The fourth-order valence-electron chi connectivity index (χ4n) is 2.11. The molecule has 5 heteroatoms. The van der Waals surface area contributed by atoms with Crippen molar-refractivity contribution in [1.29, 1.82) is 0 Å². The van der Waals surface area contributed by atoms with Crippen LogP contribution in [-0.4, -0.2) is 36.9 Å². The molecule has 1 aromatic carbocycles. The summed E-state index contributed by atoms with van der Waals surface area (Å²) in [5, 5.41) is 15.1. The van der Waals surface area contributed by atoms with Gasteiger partial charge < -0.3 is 20.5 Å². The molecular weight excluding hydrogens is 244 g/mol. The Labute approximate surface area is 113 Å². The molecule has 1 atom stereocenters. The maximum absolute atomic E-state index is 11.5. The molecule has 1 aliphatic heterocycles. The Hall–Kier alpha value is -1.75. The third-order valence-electron chi connectivity index (χ3n) is 3.19. The Balaban J connectivity index is 1.62. The summed E-state index contributed by atoms with van der Waals surface area (Å²) in [5.41, 5.74) is 0.835. The third-order valence-corrected chi connectivity index (χ3v) is 3.19. The van der Waals surface area contributed by atoms with Gasteiger partial charge in [0.15, 0.2) is 0 Å². The second-order valence-electron chi connectivity index (χ2n) is 4.65. The second-order valence-corrected chi connectivity index (χ2v) is 4.65. The average molecular weight is 264 g/mol.